The van der Waals surface area contributed by atoms with Crippen LogP contribution in [0.25, 0.3) is 0 Å². The first kappa shape index (κ1) is 13.4. The summed E-state index contributed by atoms with van der Waals surface area (Å²) in [5.74, 6) is 0.123. The molecule has 1 saturated carbocycles. The molecule has 1 saturated heterocycles. The first-order valence-corrected chi connectivity index (χ1v) is 7.25. The Morgan fingerprint density at radius 2 is 2.00 bits per heavy atom. The topological polar surface area (TPSA) is 63.4 Å². The molecule has 2 fully saturated rings. The Hall–Kier alpha value is -1.63. The van der Waals surface area contributed by atoms with Gasteiger partial charge in [0.2, 0.25) is 5.91 Å². The summed E-state index contributed by atoms with van der Waals surface area (Å²) in [5, 5.41) is 3.96. The zero-order valence-corrected chi connectivity index (χ0v) is 11.9. The van der Waals surface area contributed by atoms with Crippen LogP contribution in [0.3, 0.4) is 0 Å². The zero-order valence-electron chi connectivity index (χ0n) is 11.9. The summed E-state index contributed by atoms with van der Waals surface area (Å²) in [6, 6.07) is 0.777. The molecule has 0 aromatic carbocycles. The van der Waals surface area contributed by atoms with E-state index in [2.05, 4.69) is 10.00 Å². The molecule has 2 aliphatic rings. The number of hydrogen-bond acceptors (Lipinski definition) is 4. The third kappa shape index (κ3) is 2.77. The van der Waals surface area contributed by atoms with Crippen molar-refractivity contribution in [2.75, 3.05) is 26.2 Å². The highest BCUT2D eigenvalue weighted by atomic mass is 16.2. The summed E-state index contributed by atoms with van der Waals surface area (Å²) in [5.41, 5.74) is -0.170. The van der Waals surface area contributed by atoms with Gasteiger partial charge in [-0.2, -0.15) is 5.10 Å². The second kappa shape index (κ2) is 5.40. The Labute approximate surface area is 117 Å². The summed E-state index contributed by atoms with van der Waals surface area (Å²) in [4.78, 5) is 28.1. The van der Waals surface area contributed by atoms with Crippen LogP contribution in [0.15, 0.2) is 11.1 Å². The molecule has 7 heteroatoms. The molecule has 3 rings (SSSR count). The van der Waals surface area contributed by atoms with Crippen LogP contribution < -0.4 is 5.69 Å². The van der Waals surface area contributed by atoms with Crippen LogP contribution in [0.1, 0.15) is 19.3 Å². The van der Waals surface area contributed by atoms with Gasteiger partial charge < -0.3 is 4.90 Å². The van der Waals surface area contributed by atoms with E-state index in [0.29, 0.717) is 13.0 Å². The Balaban J connectivity index is 1.47. The molecule has 0 atom stereocenters. The minimum absolute atomic E-state index is 0.123. The van der Waals surface area contributed by atoms with Gasteiger partial charge in [-0.15, -0.1) is 0 Å². The molecule has 1 amide bonds. The van der Waals surface area contributed by atoms with Gasteiger partial charge in [0, 0.05) is 45.7 Å². The van der Waals surface area contributed by atoms with Gasteiger partial charge in [-0.1, -0.05) is 0 Å². The van der Waals surface area contributed by atoms with Crippen molar-refractivity contribution >= 4 is 5.91 Å². The molecule has 1 aromatic rings. The number of amides is 1. The highest BCUT2D eigenvalue weighted by molar-refractivity contribution is 5.76. The maximum Gasteiger partial charge on any atom is 0.345 e. The highest BCUT2D eigenvalue weighted by Crippen LogP contribution is 2.27. The van der Waals surface area contributed by atoms with Crippen LogP contribution in [0.5, 0.6) is 0 Å². The van der Waals surface area contributed by atoms with E-state index in [0.717, 1.165) is 32.2 Å². The molecule has 0 unspecified atom stereocenters. The van der Waals surface area contributed by atoms with Crippen molar-refractivity contribution < 1.29 is 4.79 Å². The smallest absolute Gasteiger partial charge is 0.340 e. The molecular weight excluding hydrogens is 258 g/mol. The van der Waals surface area contributed by atoms with Crippen LogP contribution >= 0.6 is 0 Å². The fourth-order valence-corrected chi connectivity index (χ4v) is 2.71. The molecule has 1 aromatic heterocycles. The van der Waals surface area contributed by atoms with E-state index < -0.39 is 0 Å². The number of aromatic nitrogens is 3. The van der Waals surface area contributed by atoms with Gasteiger partial charge in [0.1, 0.15) is 6.33 Å². The summed E-state index contributed by atoms with van der Waals surface area (Å²) in [6.07, 6.45) is 4.45. The lowest BCUT2D eigenvalue weighted by Gasteiger charge is -2.34. The van der Waals surface area contributed by atoms with Crippen molar-refractivity contribution in [1.29, 1.82) is 0 Å². The predicted molar refractivity (Wildman–Crippen MR) is 73.3 cm³/mol. The van der Waals surface area contributed by atoms with Crippen molar-refractivity contribution in [3.63, 3.8) is 0 Å². The van der Waals surface area contributed by atoms with E-state index in [1.54, 1.807) is 7.05 Å². The third-order valence-electron chi connectivity index (χ3n) is 4.15. The van der Waals surface area contributed by atoms with E-state index in [-0.39, 0.29) is 11.6 Å². The maximum atomic E-state index is 12.1. The van der Waals surface area contributed by atoms with Crippen molar-refractivity contribution in [2.24, 2.45) is 7.05 Å². The number of aryl methyl sites for hydroxylation is 2. The lowest BCUT2D eigenvalue weighted by atomic mass is 10.2. The number of rotatable bonds is 4. The van der Waals surface area contributed by atoms with Crippen LogP contribution in [0.2, 0.25) is 0 Å². The Morgan fingerprint density at radius 1 is 1.30 bits per heavy atom. The summed E-state index contributed by atoms with van der Waals surface area (Å²) >= 11 is 0. The van der Waals surface area contributed by atoms with Crippen molar-refractivity contribution in [3.8, 4) is 0 Å². The Morgan fingerprint density at radius 3 is 2.55 bits per heavy atom. The standard InChI is InChI=1S/C13H21N5O2/c1-15-10-14-18(13(15)20)5-4-12(19)17-8-6-16(7-9-17)11-2-3-11/h10-11H,2-9H2,1H3. The molecule has 20 heavy (non-hydrogen) atoms. The van der Waals surface area contributed by atoms with Gasteiger partial charge in [0.15, 0.2) is 0 Å². The summed E-state index contributed by atoms with van der Waals surface area (Å²) < 4.78 is 2.76. The van der Waals surface area contributed by atoms with Gasteiger partial charge in [0.05, 0.1) is 6.54 Å². The molecule has 0 radical (unpaired) electrons. The van der Waals surface area contributed by atoms with E-state index >= 15 is 0 Å². The van der Waals surface area contributed by atoms with Crippen LogP contribution in [-0.4, -0.2) is 62.3 Å². The second-order valence-electron chi connectivity index (χ2n) is 5.65. The first-order valence-electron chi connectivity index (χ1n) is 7.25. The van der Waals surface area contributed by atoms with Crippen LogP contribution in [0, 0.1) is 0 Å². The average molecular weight is 279 g/mol. The highest BCUT2D eigenvalue weighted by Gasteiger charge is 2.32. The number of carbonyl (C=O) groups excluding carboxylic acids is 1. The first-order chi connectivity index (χ1) is 9.65. The Kier molecular flexibility index (Phi) is 3.60. The number of nitrogens with zero attached hydrogens (tertiary/aromatic N) is 5. The van der Waals surface area contributed by atoms with Gasteiger partial charge in [-0.25, -0.2) is 9.48 Å². The minimum Gasteiger partial charge on any atom is -0.340 e. The number of carbonyl (C=O) groups is 1. The van der Waals surface area contributed by atoms with E-state index in [1.165, 1.54) is 28.4 Å². The largest absolute Gasteiger partial charge is 0.345 e. The van der Waals surface area contributed by atoms with E-state index in [9.17, 15) is 9.59 Å². The zero-order chi connectivity index (χ0) is 14.1. The van der Waals surface area contributed by atoms with E-state index in [4.69, 9.17) is 0 Å². The van der Waals surface area contributed by atoms with Crippen molar-refractivity contribution in [3.05, 3.63) is 16.8 Å². The molecule has 0 bridgehead atoms. The maximum absolute atomic E-state index is 12.1. The lowest BCUT2D eigenvalue weighted by Crippen LogP contribution is -2.49. The number of piperazine rings is 1. The third-order valence-corrected chi connectivity index (χ3v) is 4.15. The van der Waals surface area contributed by atoms with Gasteiger partial charge >= 0.3 is 5.69 Å². The molecule has 110 valence electrons. The van der Waals surface area contributed by atoms with Crippen LogP contribution in [0.4, 0.5) is 0 Å². The minimum atomic E-state index is -0.170. The summed E-state index contributed by atoms with van der Waals surface area (Å²) in [6.45, 7) is 3.96. The fourth-order valence-electron chi connectivity index (χ4n) is 2.71. The molecular formula is C13H21N5O2. The average Bonchev–Trinajstić information content (AvgIpc) is 3.26. The second-order valence-corrected chi connectivity index (χ2v) is 5.65. The molecule has 0 spiro atoms. The normalized spacial score (nSPS) is 20.4. The Bertz CT molecular complexity index is 537. The van der Waals surface area contributed by atoms with Gasteiger partial charge in [-0.05, 0) is 12.8 Å². The molecule has 1 aliphatic heterocycles. The van der Waals surface area contributed by atoms with Gasteiger partial charge in [-0.3, -0.25) is 14.3 Å². The predicted octanol–water partition coefficient (Wildman–Crippen LogP) is -0.721. The monoisotopic (exact) mass is 279 g/mol. The lowest BCUT2D eigenvalue weighted by molar-refractivity contribution is -0.133. The molecule has 7 nitrogen and oxygen atoms in total. The van der Waals surface area contributed by atoms with E-state index in [1.807, 2.05) is 4.90 Å². The van der Waals surface area contributed by atoms with Crippen LogP contribution in [-0.2, 0) is 18.4 Å². The molecule has 0 N–H and O–H groups in total. The van der Waals surface area contributed by atoms with Gasteiger partial charge in [0.25, 0.3) is 0 Å². The SMILES string of the molecule is Cn1cnn(CCC(=O)N2CCN(C3CC3)CC2)c1=O. The van der Waals surface area contributed by atoms with Crippen molar-refractivity contribution in [1.82, 2.24) is 24.1 Å². The fraction of sp³-hybridized carbons (Fsp3) is 0.769. The van der Waals surface area contributed by atoms with Crippen molar-refractivity contribution in [2.45, 2.75) is 31.8 Å². The number of hydrogen-bond donors (Lipinski definition) is 0. The molecule has 2 heterocycles. The summed E-state index contributed by atoms with van der Waals surface area (Å²) in [7, 11) is 1.66. The quantitative estimate of drug-likeness (QED) is 0.729. The molecule has 1 aliphatic carbocycles.